The molecule has 1 aliphatic rings. The van der Waals surface area contributed by atoms with Crippen LogP contribution in [0.3, 0.4) is 0 Å². The predicted molar refractivity (Wildman–Crippen MR) is 76.3 cm³/mol. The Morgan fingerprint density at radius 1 is 1.30 bits per heavy atom. The second kappa shape index (κ2) is 7.72. The van der Waals surface area contributed by atoms with Crippen LogP contribution in [0.25, 0.3) is 0 Å². The van der Waals surface area contributed by atoms with E-state index in [1.165, 1.54) is 0 Å². The molecule has 3 N–H and O–H groups in total. The van der Waals surface area contributed by atoms with Gasteiger partial charge in [0.05, 0.1) is 19.8 Å². The molecule has 0 unspecified atom stereocenters. The topological polar surface area (TPSA) is 80.3 Å². The number of benzene rings is 1. The van der Waals surface area contributed by atoms with E-state index in [0.29, 0.717) is 12.2 Å². The zero-order valence-corrected chi connectivity index (χ0v) is 11.5. The summed E-state index contributed by atoms with van der Waals surface area (Å²) in [5.74, 6) is 0.894. The summed E-state index contributed by atoms with van der Waals surface area (Å²) in [6, 6.07) is 7.18. The van der Waals surface area contributed by atoms with Crippen LogP contribution < -0.4 is 10.5 Å². The molecule has 0 bridgehead atoms. The predicted octanol–water partition coefficient (Wildman–Crippen LogP) is 0.882. The number of rotatable bonds is 6. The van der Waals surface area contributed by atoms with E-state index in [-0.39, 0.29) is 5.84 Å². The molecule has 0 aromatic heterocycles. The first-order valence-corrected chi connectivity index (χ1v) is 6.80. The van der Waals surface area contributed by atoms with Crippen molar-refractivity contribution >= 4 is 5.84 Å². The number of amidine groups is 1. The molecule has 1 aromatic carbocycles. The Labute approximate surface area is 118 Å². The smallest absolute Gasteiger partial charge is 0.170 e. The summed E-state index contributed by atoms with van der Waals surface area (Å²) in [7, 11) is 0. The van der Waals surface area contributed by atoms with E-state index >= 15 is 0 Å². The summed E-state index contributed by atoms with van der Waals surface area (Å²) in [5, 5.41) is 11.5. The lowest BCUT2D eigenvalue weighted by atomic mass is 10.2. The number of hydrogen-bond donors (Lipinski definition) is 2. The Hall–Kier alpha value is -1.79. The van der Waals surface area contributed by atoms with E-state index in [0.717, 1.165) is 45.0 Å². The number of hydrogen-bond acceptors (Lipinski definition) is 5. The van der Waals surface area contributed by atoms with E-state index in [1.54, 1.807) is 12.1 Å². The second-order valence-electron chi connectivity index (χ2n) is 4.67. The summed E-state index contributed by atoms with van der Waals surface area (Å²) >= 11 is 0. The molecule has 1 aliphatic heterocycles. The number of oxime groups is 1. The van der Waals surface area contributed by atoms with E-state index < -0.39 is 0 Å². The fourth-order valence-electron chi connectivity index (χ4n) is 2.08. The standard InChI is InChI=1S/C14H21N3O3/c15-14(16-18)12-2-4-13(5-3-12)20-9-1-6-17-7-10-19-11-8-17/h2-5,18H,1,6-11H2,(H2,15,16). The van der Waals surface area contributed by atoms with Gasteiger partial charge in [0.1, 0.15) is 5.75 Å². The third-order valence-corrected chi connectivity index (χ3v) is 3.25. The first kappa shape index (κ1) is 14.6. The molecule has 20 heavy (non-hydrogen) atoms. The van der Waals surface area contributed by atoms with Gasteiger partial charge in [-0.2, -0.15) is 0 Å². The van der Waals surface area contributed by atoms with Gasteiger partial charge in [0.15, 0.2) is 5.84 Å². The Bertz CT molecular complexity index is 428. The molecule has 0 radical (unpaired) electrons. The molecule has 1 heterocycles. The van der Waals surface area contributed by atoms with Gasteiger partial charge >= 0.3 is 0 Å². The minimum Gasteiger partial charge on any atom is -0.494 e. The fourth-order valence-corrected chi connectivity index (χ4v) is 2.08. The van der Waals surface area contributed by atoms with Gasteiger partial charge in [-0.05, 0) is 30.7 Å². The van der Waals surface area contributed by atoms with Gasteiger partial charge in [0.2, 0.25) is 0 Å². The molecule has 0 saturated carbocycles. The lowest BCUT2D eigenvalue weighted by Crippen LogP contribution is -2.37. The molecule has 6 nitrogen and oxygen atoms in total. The maximum absolute atomic E-state index is 8.57. The molecule has 2 rings (SSSR count). The SMILES string of the molecule is NC(=NO)c1ccc(OCCCN2CCOCC2)cc1. The van der Waals surface area contributed by atoms with Crippen molar-refractivity contribution in [1.29, 1.82) is 0 Å². The van der Waals surface area contributed by atoms with Crippen LogP contribution in [-0.2, 0) is 4.74 Å². The third kappa shape index (κ3) is 4.40. The number of nitrogens with zero attached hydrogens (tertiary/aromatic N) is 2. The first-order chi connectivity index (χ1) is 9.79. The van der Waals surface area contributed by atoms with Crippen molar-refractivity contribution in [2.45, 2.75) is 6.42 Å². The maximum Gasteiger partial charge on any atom is 0.170 e. The monoisotopic (exact) mass is 279 g/mol. The number of ether oxygens (including phenoxy) is 2. The van der Waals surface area contributed by atoms with Gasteiger partial charge < -0.3 is 20.4 Å². The molecular formula is C14H21N3O3. The van der Waals surface area contributed by atoms with Gasteiger partial charge in [-0.15, -0.1) is 0 Å². The largest absolute Gasteiger partial charge is 0.494 e. The first-order valence-electron chi connectivity index (χ1n) is 6.80. The van der Waals surface area contributed by atoms with E-state index in [9.17, 15) is 0 Å². The van der Waals surface area contributed by atoms with Crippen LogP contribution in [0, 0.1) is 0 Å². The van der Waals surface area contributed by atoms with Crippen LogP contribution in [0.4, 0.5) is 0 Å². The fraction of sp³-hybridized carbons (Fsp3) is 0.500. The van der Waals surface area contributed by atoms with E-state index in [1.807, 2.05) is 12.1 Å². The van der Waals surface area contributed by atoms with Crippen LogP contribution in [0.2, 0.25) is 0 Å². The van der Waals surface area contributed by atoms with Crippen LogP contribution in [0.5, 0.6) is 5.75 Å². The summed E-state index contributed by atoms with van der Waals surface area (Å²) in [6.07, 6.45) is 0.988. The molecule has 1 fully saturated rings. The van der Waals surface area contributed by atoms with Crippen LogP contribution in [0.1, 0.15) is 12.0 Å². The summed E-state index contributed by atoms with van der Waals surface area (Å²) in [4.78, 5) is 2.38. The highest BCUT2D eigenvalue weighted by Gasteiger charge is 2.09. The van der Waals surface area contributed by atoms with Gasteiger partial charge in [-0.25, -0.2) is 0 Å². The molecule has 0 spiro atoms. The Balaban J connectivity index is 1.68. The molecule has 110 valence electrons. The van der Waals surface area contributed by atoms with Gasteiger partial charge in [0, 0.05) is 25.2 Å². The molecule has 0 aliphatic carbocycles. The van der Waals surface area contributed by atoms with Crippen LogP contribution >= 0.6 is 0 Å². The van der Waals surface area contributed by atoms with Gasteiger partial charge in [-0.1, -0.05) is 5.16 Å². The second-order valence-corrected chi connectivity index (χ2v) is 4.67. The number of morpholine rings is 1. The Morgan fingerprint density at radius 3 is 2.65 bits per heavy atom. The van der Waals surface area contributed by atoms with Crippen molar-refractivity contribution in [2.75, 3.05) is 39.5 Å². The van der Waals surface area contributed by atoms with Crippen molar-refractivity contribution in [1.82, 2.24) is 4.90 Å². The minimum absolute atomic E-state index is 0.101. The van der Waals surface area contributed by atoms with Crippen molar-refractivity contribution < 1.29 is 14.7 Å². The maximum atomic E-state index is 8.57. The molecular weight excluding hydrogens is 258 g/mol. The molecule has 0 amide bonds. The summed E-state index contributed by atoms with van der Waals surface area (Å²) < 4.78 is 11.0. The molecule has 1 saturated heterocycles. The highest BCUT2D eigenvalue weighted by atomic mass is 16.5. The molecule has 0 atom stereocenters. The third-order valence-electron chi connectivity index (χ3n) is 3.25. The summed E-state index contributed by atoms with van der Waals surface area (Å²) in [5.41, 5.74) is 6.17. The Morgan fingerprint density at radius 2 is 2.00 bits per heavy atom. The van der Waals surface area contributed by atoms with Gasteiger partial charge in [-0.3, -0.25) is 4.90 Å². The van der Waals surface area contributed by atoms with Crippen LogP contribution in [0.15, 0.2) is 29.4 Å². The number of nitrogens with two attached hydrogens (primary N) is 1. The molecule has 1 aromatic rings. The minimum atomic E-state index is 0.101. The van der Waals surface area contributed by atoms with Crippen molar-refractivity contribution in [3.63, 3.8) is 0 Å². The lowest BCUT2D eigenvalue weighted by molar-refractivity contribution is 0.0358. The highest BCUT2D eigenvalue weighted by Crippen LogP contribution is 2.12. The average Bonchev–Trinajstić information content (AvgIpc) is 2.52. The van der Waals surface area contributed by atoms with Crippen molar-refractivity contribution in [3.05, 3.63) is 29.8 Å². The van der Waals surface area contributed by atoms with Crippen molar-refractivity contribution in [2.24, 2.45) is 10.9 Å². The zero-order valence-electron chi connectivity index (χ0n) is 11.5. The van der Waals surface area contributed by atoms with Gasteiger partial charge in [0.25, 0.3) is 0 Å². The average molecular weight is 279 g/mol. The zero-order chi connectivity index (χ0) is 14.2. The van der Waals surface area contributed by atoms with Crippen LogP contribution in [-0.4, -0.2) is 55.4 Å². The summed E-state index contributed by atoms with van der Waals surface area (Å²) in [6.45, 7) is 5.39. The van der Waals surface area contributed by atoms with E-state index in [2.05, 4.69) is 10.1 Å². The molecule has 6 heteroatoms. The van der Waals surface area contributed by atoms with E-state index in [4.69, 9.17) is 20.4 Å². The van der Waals surface area contributed by atoms with Crippen molar-refractivity contribution in [3.8, 4) is 5.75 Å². The lowest BCUT2D eigenvalue weighted by Gasteiger charge is -2.26. The quantitative estimate of drug-likeness (QED) is 0.266. The normalized spacial score (nSPS) is 17.1. The Kier molecular flexibility index (Phi) is 5.64. The highest BCUT2D eigenvalue weighted by molar-refractivity contribution is 5.97.